The third kappa shape index (κ3) is 2.79. The SMILES string of the molecule is CCC(C)(C)N(C)CC1(C=O)CCOC1. The maximum atomic E-state index is 11.2. The number of rotatable bonds is 5. The molecule has 0 aromatic heterocycles. The van der Waals surface area contributed by atoms with Crippen LogP contribution in [0.15, 0.2) is 0 Å². The number of aldehydes is 1. The van der Waals surface area contributed by atoms with Crippen molar-refractivity contribution in [3.63, 3.8) is 0 Å². The Bertz CT molecular complexity index is 220. The van der Waals surface area contributed by atoms with Crippen LogP contribution in [-0.2, 0) is 9.53 Å². The van der Waals surface area contributed by atoms with Crippen molar-refractivity contribution in [2.45, 2.75) is 39.2 Å². The molecule has 0 saturated carbocycles. The van der Waals surface area contributed by atoms with Gasteiger partial charge in [0.15, 0.2) is 0 Å². The Morgan fingerprint density at radius 3 is 2.60 bits per heavy atom. The topological polar surface area (TPSA) is 29.5 Å². The Balaban J connectivity index is 2.63. The van der Waals surface area contributed by atoms with Gasteiger partial charge in [-0.2, -0.15) is 0 Å². The lowest BCUT2D eigenvalue weighted by Gasteiger charge is -2.38. The highest BCUT2D eigenvalue weighted by Gasteiger charge is 2.38. The quantitative estimate of drug-likeness (QED) is 0.651. The van der Waals surface area contributed by atoms with Crippen LogP contribution in [0.4, 0.5) is 0 Å². The van der Waals surface area contributed by atoms with E-state index in [1.165, 1.54) is 0 Å². The molecule has 1 unspecified atom stereocenters. The number of nitrogens with zero attached hydrogens (tertiary/aromatic N) is 1. The van der Waals surface area contributed by atoms with Gasteiger partial charge < -0.3 is 14.4 Å². The first-order valence-electron chi connectivity index (χ1n) is 5.71. The Morgan fingerprint density at radius 2 is 2.20 bits per heavy atom. The highest BCUT2D eigenvalue weighted by atomic mass is 16.5. The van der Waals surface area contributed by atoms with Crippen LogP contribution in [0.3, 0.4) is 0 Å². The molecule has 1 saturated heterocycles. The lowest BCUT2D eigenvalue weighted by Crippen LogP contribution is -2.47. The smallest absolute Gasteiger partial charge is 0.129 e. The van der Waals surface area contributed by atoms with Crippen LogP contribution in [0.5, 0.6) is 0 Å². The van der Waals surface area contributed by atoms with Gasteiger partial charge in [0.05, 0.1) is 12.0 Å². The summed E-state index contributed by atoms with van der Waals surface area (Å²) in [4.78, 5) is 13.4. The van der Waals surface area contributed by atoms with E-state index < -0.39 is 0 Å². The van der Waals surface area contributed by atoms with Gasteiger partial charge in [-0.25, -0.2) is 0 Å². The fourth-order valence-corrected chi connectivity index (χ4v) is 1.83. The van der Waals surface area contributed by atoms with Crippen LogP contribution in [0.1, 0.15) is 33.6 Å². The molecule has 1 heterocycles. The van der Waals surface area contributed by atoms with Gasteiger partial charge in [-0.15, -0.1) is 0 Å². The molecule has 0 aromatic rings. The lowest BCUT2D eigenvalue weighted by atomic mass is 9.86. The number of carbonyl (C=O) groups excluding carboxylic acids is 1. The van der Waals surface area contributed by atoms with E-state index in [1.54, 1.807) is 0 Å². The Kier molecular flexibility index (Phi) is 3.90. The molecule has 0 aromatic carbocycles. The van der Waals surface area contributed by atoms with Gasteiger partial charge in [0.2, 0.25) is 0 Å². The predicted octanol–water partition coefficient (Wildman–Crippen LogP) is 1.71. The molecule has 0 aliphatic carbocycles. The summed E-state index contributed by atoms with van der Waals surface area (Å²) < 4.78 is 5.34. The number of ether oxygens (including phenoxy) is 1. The van der Waals surface area contributed by atoms with Crippen LogP contribution < -0.4 is 0 Å². The molecule has 1 aliphatic rings. The van der Waals surface area contributed by atoms with E-state index >= 15 is 0 Å². The summed E-state index contributed by atoms with van der Waals surface area (Å²) >= 11 is 0. The van der Waals surface area contributed by atoms with Crippen LogP contribution >= 0.6 is 0 Å². The summed E-state index contributed by atoms with van der Waals surface area (Å²) in [5.41, 5.74) is -0.111. The van der Waals surface area contributed by atoms with E-state index in [9.17, 15) is 4.79 Å². The maximum Gasteiger partial charge on any atom is 0.129 e. The minimum Gasteiger partial charge on any atom is -0.380 e. The molecule has 88 valence electrons. The molecule has 1 fully saturated rings. The van der Waals surface area contributed by atoms with Crippen molar-refractivity contribution in [2.24, 2.45) is 5.41 Å². The van der Waals surface area contributed by atoms with Gasteiger partial charge in [-0.3, -0.25) is 0 Å². The fraction of sp³-hybridized carbons (Fsp3) is 0.917. The summed E-state index contributed by atoms with van der Waals surface area (Å²) in [6.45, 7) is 8.70. The van der Waals surface area contributed by atoms with E-state index in [0.717, 1.165) is 32.3 Å². The van der Waals surface area contributed by atoms with Crippen molar-refractivity contribution in [1.29, 1.82) is 0 Å². The Labute approximate surface area is 92.8 Å². The van der Waals surface area contributed by atoms with E-state index in [1.807, 2.05) is 0 Å². The van der Waals surface area contributed by atoms with Crippen LogP contribution in [-0.4, -0.2) is 43.5 Å². The monoisotopic (exact) mass is 213 g/mol. The number of hydrogen-bond acceptors (Lipinski definition) is 3. The molecule has 0 amide bonds. The first-order chi connectivity index (χ1) is 6.96. The van der Waals surface area contributed by atoms with Crippen molar-refractivity contribution >= 4 is 6.29 Å². The molecule has 0 spiro atoms. The van der Waals surface area contributed by atoms with Crippen molar-refractivity contribution in [3.05, 3.63) is 0 Å². The molecule has 1 aliphatic heterocycles. The van der Waals surface area contributed by atoms with Gasteiger partial charge in [0.25, 0.3) is 0 Å². The first-order valence-corrected chi connectivity index (χ1v) is 5.71. The summed E-state index contributed by atoms with van der Waals surface area (Å²) in [5, 5.41) is 0. The van der Waals surface area contributed by atoms with Crippen LogP contribution in [0.25, 0.3) is 0 Å². The third-order valence-electron chi connectivity index (χ3n) is 3.83. The molecule has 1 atom stereocenters. The zero-order valence-corrected chi connectivity index (χ0v) is 10.4. The molecular weight excluding hydrogens is 190 g/mol. The molecule has 0 radical (unpaired) electrons. The van der Waals surface area contributed by atoms with Gasteiger partial charge in [0.1, 0.15) is 6.29 Å². The molecule has 0 N–H and O–H groups in total. The first kappa shape index (κ1) is 12.7. The Hall–Kier alpha value is -0.410. The third-order valence-corrected chi connectivity index (χ3v) is 3.83. The second kappa shape index (κ2) is 4.62. The number of carbonyl (C=O) groups is 1. The van der Waals surface area contributed by atoms with E-state index in [0.29, 0.717) is 6.61 Å². The summed E-state index contributed by atoms with van der Waals surface area (Å²) in [6, 6.07) is 0. The zero-order chi connectivity index (χ0) is 11.5. The second-order valence-corrected chi connectivity index (χ2v) is 5.30. The zero-order valence-electron chi connectivity index (χ0n) is 10.4. The molecule has 0 bridgehead atoms. The standard InChI is InChI=1S/C12H23NO2/c1-5-11(2,3)13(4)8-12(9-14)6-7-15-10-12/h9H,5-8,10H2,1-4H3. The molecular formula is C12H23NO2. The number of hydrogen-bond donors (Lipinski definition) is 0. The normalized spacial score (nSPS) is 27.3. The molecule has 3 heteroatoms. The van der Waals surface area contributed by atoms with E-state index in [-0.39, 0.29) is 11.0 Å². The van der Waals surface area contributed by atoms with Gasteiger partial charge >= 0.3 is 0 Å². The average Bonchev–Trinajstić information content (AvgIpc) is 2.67. The minimum atomic E-state index is -0.263. The van der Waals surface area contributed by atoms with Crippen LogP contribution in [0.2, 0.25) is 0 Å². The van der Waals surface area contributed by atoms with Gasteiger partial charge in [-0.05, 0) is 33.7 Å². The van der Waals surface area contributed by atoms with Crippen molar-refractivity contribution in [1.82, 2.24) is 4.90 Å². The highest BCUT2D eigenvalue weighted by Crippen LogP contribution is 2.30. The average molecular weight is 213 g/mol. The minimum absolute atomic E-state index is 0.151. The summed E-state index contributed by atoms with van der Waals surface area (Å²) in [6.07, 6.45) is 3.03. The maximum absolute atomic E-state index is 11.2. The predicted molar refractivity (Wildman–Crippen MR) is 60.9 cm³/mol. The lowest BCUT2D eigenvalue weighted by molar-refractivity contribution is -0.117. The summed E-state index contributed by atoms with van der Waals surface area (Å²) in [7, 11) is 2.09. The molecule has 1 rings (SSSR count). The van der Waals surface area contributed by atoms with E-state index in [2.05, 4.69) is 32.7 Å². The van der Waals surface area contributed by atoms with Gasteiger partial charge in [-0.1, -0.05) is 6.92 Å². The fourth-order valence-electron chi connectivity index (χ4n) is 1.83. The van der Waals surface area contributed by atoms with Gasteiger partial charge in [0, 0.05) is 18.7 Å². The molecule has 3 nitrogen and oxygen atoms in total. The van der Waals surface area contributed by atoms with Crippen LogP contribution in [0, 0.1) is 5.41 Å². The van der Waals surface area contributed by atoms with Crippen molar-refractivity contribution < 1.29 is 9.53 Å². The van der Waals surface area contributed by atoms with E-state index in [4.69, 9.17) is 4.74 Å². The highest BCUT2D eigenvalue weighted by molar-refractivity contribution is 5.60. The Morgan fingerprint density at radius 1 is 1.53 bits per heavy atom. The van der Waals surface area contributed by atoms with Crippen molar-refractivity contribution in [3.8, 4) is 0 Å². The second-order valence-electron chi connectivity index (χ2n) is 5.30. The van der Waals surface area contributed by atoms with Crippen molar-refractivity contribution in [2.75, 3.05) is 26.8 Å². The largest absolute Gasteiger partial charge is 0.380 e. The molecule has 15 heavy (non-hydrogen) atoms. The summed E-state index contributed by atoms with van der Waals surface area (Å²) in [5.74, 6) is 0.